The Bertz CT molecular complexity index is 268. The van der Waals surface area contributed by atoms with Gasteiger partial charge in [-0.1, -0.05) is 6.92 Å². The quantitative estimate of drug-likeness (QED) is 0.779. The summed E-state index contributed by atoms with van der Waals surface area (Å²) in [5, 5.41) is 13.3. The maximum Gasteiger partial charge on any atom is 0.0514 e. The molecule has 0 bridgehead atoms. The van der Waals surface area contributed by atoms with Crippen LogP contribution in [0.2, 0.25) is 0 Å². The van der Waals surface area contributed by atoms with E-state index in [1.54, 1.807) is 0 Å². The van der Waals surface area contributed by atoms with Crippen LogP contribution in [-0.2, 0) is 13.5 Å². The zero-order valence-corrected chi connectivity index (χ0v) is 9.27. The van der Waals surface area contributed by atoms with Gasteiger partial charge in [-0.2, -0.15) is 5.10 Å². The van der Waals surface area contributed by atoms with Crippen molar-refractivity contribution in [3.63, 3.8) is 0 Å². The molecule has 0 saturated heterocycles. The summed E-state index contributed by atoms with van der Waals surface area (Å²) in [6, 6.07) is 2.05. The average Bonchev–Trinajstić information content (AvgIpc) is 2.46. The van der Waals surface area contributed by atoms with E-state index >= 15 is 0 Å². The molecule has 0 amide bonds. The smallest absolute Gasteiger partial charge is 0.0514 e. The molecule has 0 aromatic carbocycles. The van der Waals surface area contributed by atoms with Gasteiger partial charge in [-0.05, 0) is 38.2 Å². The van der Waals surface area contributed by atoms with E-state index < -0.39 is 0 Å². The van der Waals surface area contributed by atoms with Crippen LogP contribution in [0.3, 0.4) is 0 Å². The first-order valence-corrected chi connectivity index (χ1v) is 5.24. The molecule has 1 N–H and O–H groups in total. The topological polar surface area (TPSA) is 38.1 Å². The van der Waals surface area contributed by atoms with E-state index in [0.29, 0.717) is 5.92 Å². The van der Waals surface area contributed by atoms with Crippen molar-refractivity contribution < 1.29 is 5.11 Å². The normalized spacial score (nSPS) is 15.4. The van der Waals surface area contributed by atoms with Crippen LogP contribution in [0.4, 0.5) is 0 Å². The fourth-order valence-corrected chi connectivity index (χ4v) is 1.74. The minimum absolute atomic E-state index is 0.184. The van der Waals surface area contributed by atoms with Crippen molar-refractivity contribution in [2.75, 3.05) is 0 Å². The summed E-state index contributed by atoms with van der Waals surface area (Å²) in [5.41, 5.74) is 1.27. The molecular weight excluding hydrogens is 176 g/mol. The first kappa shape index (κ1) is 11.2. The molecule has 80 valence electrons. The summed E-state index contributed by atoms with van der Waals surface area (Å²) in [6.45, 7) is 4.03. The number of aliphatic hydroxyl groups excluding tert-OH is 1. The highest BCUT2D eigenvalue weighted by molar-refractivity contribution is 4.99. The van der Waals surface area contributed by atoms with Gasteiger partial charge in [0.25, 0.3) is 0 Å². The van der Waals surface area contributed by atoms with Crippen LogP contribution in [-0.4, -0.2) is 21.0 Å². The van der Waals surface area contributed by atoms with Gasteiger partial charge >= 0.3 is 0 Å². The lowest BCUT2D eigenvalue weighted by molar-refractivity contribution is 0.162. The van der Waals surface area contributed by atoms with Gasteiger partial charge in [0.2, 0.25) is 0 Å². The Morgan fingerprint density at radius 3 is 2.71 bits per heavy atom. The Morgan fingerprint density at radius 1 is 1.50 bits per heavy atom. The average molecular weight is 196 g/mol. The van der Waals surface area contributed by atoms with E-state index in [2.05, 4.69) is 18.1 Å². The molecule has 3 heteroatoms. The molecule has 2 atom stereocenters. The fourth-order valence-electron chi connectivity index (χ4n) is 1.74. The predicted molar refractivity (Wildman–Crippen MR) is 57.0 cm³/mol. The molecule has 1 heterocycles. The molecule has 1 aromatic heterocycles. The summed E-state index contributed by atoms with van der Waals surface area (Å²) in [4.78, 5) is 0. The van der Waals surface area contributed by atoms with Gasteiger partial charge in [0.05, 0.1) is 6.10 Å². The predicted octanol–water partition coefficient (Wildman–Crippen LogP) is 1.76. The lowest BCUT2D eigenvalue weighted by Gasteiger charge is -2.12. The third kappa shape index (κ3) is 3.50. The van der Waals surface area contributed by atoms with Crippen LogP contribution < -0.4 is 0 Å². The molecule has 0 spiro atoms. The second-order valence-corrected chi connectivity index (χ2v) is 4.17. The van der Waals surface area contributed by atoms with Crippen LogP contribution >= 0.6 is 0 Å². The number of rotatable bonds is 5. The van der Waals surface area contributed by atoms with Crippen molar-refractivity contribution in [3.8, 4) is 0 Å². The number of aryl methyl sites for hydroxylation is 2. The number of aromatic nitrogens is 2. The molecule has 0 aliphatic carbocycles. The summed E-state index contributed by atoms with van der Waals surface area (Å²) in [5.74, 6) is 0.574. The van der Waals surface area contributed by atoms with Crippen LogP contribution in [0.1, 0.15) is 32.4 Å². The third-order valence-corrected chi connectivity index (χ3v) is 2.56. The first-order chi connectivity index (χ1) is 6.59. The Kier molecular flexibility index (Phi) is 4.14. The highest BCUT2D eigenvalue weighted by Crippen LogP contribution is 2.13. The molecule has 1 aromatic rings. The monoisotopic (exact) mass is 196 g/mol. The minimum atomic E-state index is -0.184. The molecular formula is C11H20N2O. The van der Waals surface area contributed by atoms with Crippen LogP contribution in [0, 0.1) is 5.92 Å². The van der Waals surface area contributed by atoms with Gasteiger partial charge < -0.3 is 5.11 Å². The minimum Gasteiger partial charge on any atom is -0.393 e. The first-order valence-electron chi connectivity index (χ1n) is 5.24. The summed E-state index contributed by atoms with van der Waals surface area (Å²) in [6.07, 6.45) is 4.69. The van der Waals surface area contributed by atoms with Crippen molar-refractivity contribution in [1.82, 2.24) is 9.78 Å². The van der Waals surface area contributed by atoms with Crippen molar-refractivity contribution in [3.05, 3.63) is 18.0 Å². The molecule has 2 unspecified atom stereocenters. The van der Waals surface area contributed by atoms with Crippen molar-refractivity contribution >= 4 is 0 Å². The maximum absolute atomic E-state index is 9.22. The lowest BCUT2D eigenvalue weighted by Crippen LogP contribution is -2.09. The Balaban J connectivity index is 2.30. The van der Waals surface area contributed by atoms with Gasteiger partial charge in [0.15, 0.2) is 0 Å². The SMILES string of the molecule is CC(O)CC(C)CCc1ccnn1C. The van der Waals surface area contributed by atoms with E-state index in [0.717, 1.165) is 19.3 Å². The molecule has 0 radical (unpaired) electrons. The van der Waals surface area contributed by atoms with Crippen LogP contribution in [0.25, 0.3) is 0 Å². The van der Waals surface area contributed by atoms with E-state index in [-0.39, 0.29) is 6.10 Å². The number of hydrogen-bond acceptors (Lipinski definition) is 2. The Morgan fingerprint density at radius 2 is 2.21 bits per heavy atom. The summed E-state index contributed by atoms with van der Waals surface area (Å²) in [7, 11) is 1.97. The van der Waals surface area contributed by atoms with Gasteiger partial charge in [0.1, 0.15) is 0 Å². The molecule has 0 aliphatic rings. The van der Waals surface area contributed by atoms with Crippen LogP contribution in [0.5, 0.6) is 0 Å². The van der Waals surface area contributed by atoms with Gasteiger partial charge in [-0.25, -0.2) is 0 Å². The standard InChI is InChI=1S/C11H20N2O/c1-9(8-10(2)14)4-5-11-6-7-12-13(11)3/h6-7,9-10,14H,4-5,8H2,1-3H3. The van der Waals surface area contributed by atoms with Crippen LogP contribution in [0.15, 0.2) is 12.3 Å². The van der Waals surface area contributed by atoms with Gasteiger partial charge in [-0.15, -0.1) is 0 Å². The second-order valence-electron chi connectivity index (χ2n) is 4.17. The summed E-state index contributed by atoms with van der Waals surface area (Å²) < 4.78 is 1.91. The second kappa shape index (κ2) is 5.15. The lowest BCUT2D eigenvalue weighted by atomic mass is 9.98. The third-order valence-electron chi connectivity index (χ3n) is 2.56. The van der Waals surface area contributed by atoms with E-state index in [9.17, 15) is 5.11 Å². The Labute approximate surface area is 85.8 Å². The van der Waals surface area contributed by atoms with Crippen molar-refractivity contribution in [1.29, 1.82) is 0 Å². The number of nitrogens with zero attached hydrogens (tertiary/aromatic N) is 2. The largest absolute Gasteiger partial charge is 0.393 e. The summed E-state index contributed by atoms with van der Waals surface area (Å²) >= 11 is 0. The zero-order valence-electron chi connectivity index (χ0n) is 9.27. The maximum atomic E-state index is 9.22. The van der Waals surface area contributed by atoms with E-state index in [4.69, 9.17) is 0 Å². The highest BCUT2D eigenvalue weighted by Gasteiger charge is 2.07. The van der Waals surface area contributed by atoms with E-state index in [1.807, 2.05) is 24.9 Å². The van der Waals surface area contributed by atoms with E-state index in [1.165, 1.54) is 5.69 Å². The molecule has 3 nitrogen and oxygen atoms in total. The van der Waals surface area contributed by atoms with Crippen molar-refractivity contribution in [2.45, 2.75) is 39.2 Å². The highest BCUT2D eigenvalue weighted by atomic mass is 16.3. The molecule has 14 heavy (non-hydrogen) atoms. The number of aliphatic hydroxyl groups is 1. The number of hydrogen-bond donors (Lipinski definition) is 1. The Hall–Kier alpha value is -0.830. The van der Waals surface area contributed by atoms with Gasteiger partial charge in [-0.3, -0.25) is 4.68 Å². The zero-order chi connectivity index (χ0) is 10.6. The molecule has 1 rings (SSSR count). The molecule has 0 saturated carbocycles. The molecule has 0 fully saturated rings. The van der Waals surface area contributed by atoms with Gasteiger partial charge in [0, 0.05) is 18.9 Å². The fraction of sp³-hybridized carbons (Fsp3) is 0.727. The molecule has 0 aliphatic heterocycles. The van der Waals surface area contributed by atoms with Crippen molar-refractivity contribution in [2.24, 2.45) is 13.0 Å².